The van der Waals surface area contributed by atoms with Crippen molar-refractivity contribution in [2.45, 2.75) is 6.92 Å². The molecule has 2 aromatic rings. The van der Waals surface area contributed by atoms with Crippen LogP contribution in [0.25, 0.3) is 0 Å². The van der Waals surface area contributed by atoms with Crippen LogP contribution in [0.3, 0.4) is 0 Å². The minimum atomic E-state index is -0.964. The minimum absolute atomic E-state index is 0.0153. The first kappa shape index (κ1) is 15.9. The molecule has 8 heteroatoms. The van der Waals surface area contributed by atoms with Crippen molar-refractivity contribution in [3.05, 3.63) is 57.7 Å². The van der Waals surface area contributed by atoms with Crippen LogP contribution in [-0.2, 0) is 4.84 Å². The zero-order chi connectivity index (χ0) is 17.4. The maximum absolute atomic E-state index is 12.4. The predicted octanol–water partition coefficient (Wildman–Crippen LogP) is 2.42. The molecule has 3 rings (SSSR count). The lowest BCUT2D eigenvalue weighted by molar-refractivity contribution is -0.0587. The third-order valence-corrected chi connectivity index (χ3v) is 3.95. The van der Waals surface area contributed by atoms with Gasteiger partial charge in [0.1, 0.15) is 5.56 Å². The van der Waals surface area contributed by atoms with Crippen LogP contribution in [0.5, 0.6) is 5.88 Å². The Morgan fingerprint density at radius 3 is 2.29 bits per heavy atom. The molecule has 1 aromatic heterocycles. The van der Waals surface area contributed by atoms with E-state index in [4.69, 9.17) is 21.2 Å². The van der Waals surface area contributed by atoms with Gasteiger partial charge in [0.25, 0.3) is 11.8 Å². The molecule has 122 valence electrons. The summed E-state index contributed by atoms with van der Waals surface area (Å²) in [6, 6.07) is 6.19. The summed E-state index contributed by atoms with van der Waals surface area (Å²) in [4.78, 5) is 45.8. The molecule has 0 unspecified atom stereocenters. The molecule has 2 heterocycles. The number of rotatable bonds is 3. The number of halogens is 1. The van der Waals surface area contributed by atoms with E-state index < -0.39 is 17.8 Å². The molecule has 0 spiro atoms. The Bertz CT molecular complexity index is 846. The summed E-state index contributed by atoms with van der Waals surface area (Å²) in [6.07, 6.45) is 1.33. The fourth-order valence-electron chi connectivity index (χ4n) is 2.33. The molecule has 2 amide bonds. The molecule has 0 saturated heterocycles. The molecule has 1 aliphatic heterocycles. The summed E-state index contributed by atoms with van der Waals surface area (Å²) in [5, 5.41) is 0.650. The maximum Gasteiger partial charge on any atom is 0.369 e. The van der Waals surface area contributed by atoms with Gasteiger partial charge in [0, 0.05) is 6.20 Å². The number of methoxy groups -OCH3 is 1. The second-order valence-corrected chi connectivity index (χ2v) is 5.35. The van der Waals surface area contributed by atoms with Crippen LogP contribution >= 0.6 is 11.6 Å². The number of hydrogen-bond acceptors (Lipinski definition) is 6. The van der Waals surface area contributed by atoms with Crippen molar-refractivity contribution in [3.63, 3.8) is 0 Å². The Hall–Kier alpha value is -2.93. The normalized spacial score (nSPS) is 13.0. The fourth-order valence-corrected chi connectivity index (χ4v) is 2.47. The average Bonchev–Trinajstić information content (AvgIpc) is 2.82. The van der Waals surface area contributed by atoms with Gasteiger partial charge in [0.05, 0.1) is 23.3 Å². The van der Waals surface area contributed by atoms with Gasteiger partial charge in [-0.15, -0.1) is 0 Å². The van der Waals surface area contributed by atoms with E-state index in [2.05, 4.69) is 4.98 Å². The van der Waals surface area contributed by atoms with Gasteiger partial charge >= 0.3 is 5.97 Å². The molecule has 0 saturated carbocycles. The third kappa shape index (κ3) is 2.39. The van der Waals surface area contributed by atoms with Crippen molar-refractivity contribution in [1.29, 1.82) is 0 Å². The number of pyridine rings is 1. The second-order valence-electron chi connectivity index (χ2n) is 4.94. The number of fused-ring (bicyclic) bond motifs is 1. The highest BCUT2D eigenvalue weighted by Gasteiger charge is 2.39. The zero-order valence-electron chi connectivity index (χ0n) is 12.7. The van der Waals surface area contributed by atoms with Crippen molar-refractivity contribution in [2.75, 3.05) is 7.11 Å². The molecule has 0 radical (unpaired) electrons. The Balaban J connectivity index is 1.94. The van der Waals surface area contributed by atoms with Crippen LogP contribution in [0.4, 0.5) is 0 Å². The van der Waals surface area contributed by atoms with Crippen LogP contribution in [0.2, 0.25) is 5.02 Å². The van der Waals surface area contributed by atoms with Crippen molar-refractivity contribution in [2.24, 2.45) is 0 Å². The molecule has 0 aliphatic carbocycles. The van der Waals surface area contributed by atoms with Crippen LogP contribution in [0, 0.1) is 6.92 Å². The predicted molar refractivity (Wildman–Crippen MR) is 82.9 cm³/mol. The highest BCUT2D eigenvalue weighted by Crippen LogP contribution is 2.28. The van der Waals surface area contributed by atoms with Gasteiger partial charge in [-0.1, -0.05) is 28.8 Å². The van der Waals surface area contributed by atoms with E-state index in [-0.39, 0.29) is 27.6 Å². The van der Waals surface area contributed by atoms with Gasteiger partial charge in [0.2, 0.25) is 5.88 Å². The van der Waals surface area contributed by atoms with Crippen molar-refractivity contribution in [1.82, 2.24) is 10.0 Å². The highest BCUT2D eigenvalue weighted by atomic mass is 35.5. The fraction of sp³-hybridized carbons (Fsp3) is 0.125. The molecule has 1 aromatic carbocycles. The SMILES string of the molecule is COc1ncc(Cl)c(C)c1C(=O)ON1C(=O)c2ccccc2C1=O. The summed E-state index contributed by atoms with van der Waals surface area (Å²) in [6.45, 7) is 1.57. The largest absolute Gasteiger partial charge is 0.480 e. The molecule has 0 N–H and O–H groups in total. The molecule has 0 bridgehead atoms. The molecule has 24 heavy (non-hydrogen) atoms. The molecule has 1 aliphatic rings. The van der Waals surface area contributed by atoms with E-state index in [9.17, 15) is 14.4 Å². The number of ether oxygens (including phenoxy) is 1. The monoisotopic (exact) mass is 346 g/mol. The lowest BCUT2D eigenvalue weighted by Gasteiger charge is -2.15. The molecular formula is C16H11ClN2O5. The maximum atomic E-state index is 12.4. The van der Waals surface area contributed by atoms with E-state index in [1.54, 1.807) is 19.1 Å². The van der Waals surface area contributed by atoms with Crippen LogP contribution in [0.15, 0.2) is 30.5 Å². The smallest absolute Gasteiger partial charge is 0.369 e. The summed E-state index contributed by atoms with van der Waals surface area (Å²) in [7, 11) is 1.33. The van der Waals surface area contributed by atoms with Gasteiger partial charge < -0.3 is 9.57 Å². The number of imide groups is 1. The van der Waals surface area contributed by atoms with Crippen LogP contribution in [0.1, 0.15) is 36.6 Å². The number of hydrogen-bond donors (Lipinski definition) is 0. The lowest BCUT2D eigenvalue weighted by Crippen LogP contribution is -2.33. The van der Waals surface area contributed by atoms with Crippen molar-refractivity contribution < 1.29 is 24.0 Å². The number of amides is 2. The Kier molecular flexibility index (Phi) is 3.94. The van der Waals surface area contributed by atoms with Gasteiger partial charge in [-0.3, -0.25) is 9.59 Å². The van der Waals surface area contributed by atoms with E-state index >= 15 is 0 Å². The number of carbonyl (C=O) groups is 3. The van der Waals surface area contributed by atoms with E-state index in [1.165, 1.54) is 25.4 Å². The van der Waals surface area contributed by atoms with Gasteiger partial charge in [-0.05, 0) is 24.6 Å². The summed E-state index contributed by atoms with van der Waals surface area (Å²) < 4.78 is 5.02. The molecular weight excluding hydrogens is 336 g/mol. The Morgan fingerprint density at radius 1 is 1.17 bits per heavy atom. The Labute approximate surface area is 141 Å². The lowest BCUT2D eigenvalue weighted by atomic mass is 10.1. The first-order valence-electron chi connectivity index (χ1n) is 6.85. The standard InChI is InChI=1S/C16H11ClN2O5/c1-8-11(17)7-18-13(23-2)12(8)16(22)24-19-14(20)9-5-3-4-6-10(9)15(19)21/h3-7H,1-2H3. The minimum Gasteiger partial charge on any atom is -0.480 e. The summed E-state index contributed by atoms with van der Waals surface area (Å²) >= 11 is 5.96. The van der Waals surface area contributed by atoms with Crippen molar-refractivity contribution >= 4 is 29.4 Å². The van der Waals surface area contributed by atoms with E-state index in [0.29, 0.717) is 10.6 Å². The third-order valence-electron chi connectivity index (χ3n) is 3.57. The van der Waals surface area contributed by atoms with Gasteiger partial charge in [-0.25, -0.2) is 9.78 Å². The number of aromatic nitrogens is 1. The number of hydroxylamine groups is 2. The summed E-state index contributed by atoms with van der Waals surface area (Å²) in [5.74, 6) is -2.40. The average molecular weight is 347 g/mol. The van der Waals surface area contributed by atoms with Gasteiger partial charge in [-0.2, -0.15) is 0 Å². The van der Waals surface area contributed by atoms with Crippen LogP contribution < -0.4 is 4.74 Å². The molecule has 0 fully saturated rings. The van der Waals surface area contributed by atoms with Crippen LogP contribution in [-0.4, -0.2) is 34.9 Å². The number of nitrogens with zero attached hydrogens (tertiary/aromatic N) is 2. The molecule has 0 atom stereocenters. The highest BCUT2D eigenvalue weighted by molar-refractivity contribution is 6.31. The summed E-state index contributed by atoms with van der Waals surface area (Å²) in [5.41, 5.74) is 0.651. The number of carbonyl (C=O) groups excluding carboxylic acids is 3. The van der Waals surface area contributed by atoms with Crippen molar-refractivity contribution in [3.8, 4) is 5.88 Å². The van der Waals surface area contributed by atoms with E-state index in [1.807, 2.05) is 0 Å². The first-order valence-corrected chi connectivity index (χ1v) is 7.22. The number of benzene rings is 1. The Morgan fingerprint density at radius 2 is 1.75 bits per heavy atom. The first-order chi connectivity index (χ1) is 11.5. The van der Waals surface area contributed by atoms with Gasteiger partial charge in [0.15, 0.2) is 0 Å². The zero-order valence-corrected chi connectivity index (χ0v) is 13.5. The topological polar surface area (TPSA) is 85.8 Å². The molecule has 7 nitrogen and oxygen atoms in total. The second kappa shape index (κ2) is 5.93. The van der Waals surface area contributed by atoms with E-state index in [0.717, 1.165) is 0 Å². The quantitative estimate of drug-likeness (QED) is 0.793.